The third kappa shape index (κ3) is 5.52. The van der Waals surface area contributed by atoms with E-state index in [9.17, 15) is 17.6 Å². The topological polar surface area (TPSA) is 75.7 Å². The van der Waals surface area contributed by atoms with Crippen molar-refractivity contribution in [3.05, 3.63) is 57.8 Å². The smallest absolute Gasteiger partial charge is 0.267 e. The van der Waals surface area contributed by atoms with E-state index >= 15 is 0 Å². The summed E-state index contributed by atoms with van der Waals surface area (Å²) in [5.74, 6) is -1.94. The zero-order valence-corrected chi connectivity index (χ0v) is 17.8. The number of nitrogens with one attached hydrogen (secondary N) is 1. The standard InChI is InChI=1S/C19H19Cl2FN2O4S/c1-29(26,27)23-19(25)15-9-16(21)18(10-17(15)22)28-11-14-6-3-7-24(14)13-5-2-4-12(20)8-13/h2,4-5,8-10,14H,3,6-7,11H2,1H3,(H,23,25)/t14-/m1/s1. The van der Waals surface area contributed by atoms with Crippen LogP contribution in [0.15, 0.2) is 36.4 Å². The molecule has 0 saturated carbocycles. The summed E-state index contributed by atoms with van der Waals surface area (Å²) in [5.41, 5.74) is 0.503. The van der Waals surface area contributed by atoms with E-state index in [1.165, 1.54) is 0 Å². The van der Waals surface area contributed by atoms with Crippen molar-refractivity contribution in [3.8, 4) is 5.75 Å². The van der Waals surface area contributed by atoms with E-state index in [-0.39, 0.29) is 23.4 Å². The van der Waals surface area contributed by atoms with Crippen molar-refractivity contribution in [1.82, 2.24) is 4.72 Å². The number of anilines is 1. The Morgan fingerprint density at radius 1 is 1.31 bits per heavy atom. The highest BCUT2D eigenvalue weighted by Gasteiger charge is 2.26. The Morgan fingerprint density at radius 2 is 2.07 bits per heavy atom. The van der Waals surface area contributed by atoms with Crippen LogP contribution in [0.4, 0.5) is 10.1 Å². The molecule has 0 unspecified atom stereocenters. The van der Waals surface area contributed by atoms with Crippen molar-refractivity contribution in [2.45, 2.75) is 18.9 Å². The molecule has 2 aromatic rings. The Kier molecular flexibility index (Phi) is 6.55. The summed E-state index contributed by atoms with van der Waals surface area (Å²) in [4.78, 5) is 14.1. The number of hydrogen-bond acceptors (Lipinski definition) is 5. The zero-order chi connectivity index (χ0) is 21.2. The summed E-state index contributed by atoms with van der Waals surface area (Å²) in [5, 5.41) is 0.652. The number of benzene rings is 2. The van der Waals surface area contributed by atoms with Gasteiger partial charge in [-0.25, -0.2) is 17.5 Å². The number of halogens is 3. The van der Waals surface area contributed by atoms with Gasteiger partial charge >= 0.3 is 0 Å². The Balaban J connectivity index is 1.72. The molecule has 1 saturated heterocycles. The van der Waals surface area contributed by atoms with Crippen molar-refractivity contribution in [2.75, 3.05) is 24.3 Å². The van der Waals surface area contributed by atoms with Gasteiger partial charge < -0.3 is 9.64 Å². The van der Waals surface area contributed by atoms with Gasteiger partial charge in [0.1, 0.15) is 18.2 Å². The van der Waals surface area contributed by atoms with Gasteiger partial charge in [-0.05, 0) is 37.1 Å². The van der Waals surface area contributed by atoms with Crippen LogP contribution in [0.2, 0.25) is 10.0 Å². The van der Waals surface area contributed by atoms with Gasteiger partial charge in [-0.2, -0.15) is 0 Å². The molecule has 1 aliphatic rings. The number of carbonyl (C=O) groups is 1. The van der Waals surface area contributed by atoms with E-state index in [1.54, 1.807) is 10.8 Å². The molecule has 1 atom stereocenters. The van der Waals surface area contributed by atoms with Crippen molar-refractivity contribution >= 4 is 44.8 Å². The number of rotatable bonds is 6. The first-order valence-electron chi connectivity index (χ1n) is 8.80. The van der Waals surface area contributed by atoms with Crippen molar-refractivity contribution < 1.29 is 22.3 Å². The molecule has 1 aliphatic heterocycles. The molecule has 0 spiro atoms. The summed E-state index contributed by atoms with van der Waals surface area (Å²) in [6, 6.07) is 9.61. The van der Waals surface area contributed by atoms with Crippen LogP contribution in [-0.2, 0) is 10.0 Å². The molecule has 0 radical (unpaired) electrons. The van der Waals surface area contributed by atoms with E-state index in [0.717, 1.165) is 43.5 Å². The van der Waals surface area contributed by atoms with E-state index in [4.69, 9.17) is 27.9 Å². The molecule has 1 amide bonds. The van der Waals surface area contributed by atoms with E-state index in [1.807, 2.05) is 18.2 Å². The monoisotopic (exact) mass is 460 g/mol. The van der Waals surface area contributed by atoms with Gasteiger partial charge in [0.15, 0.2) is 0 Å². The SMILES string of the molecule is CS(=O)(=O)NC(=O)c1cc(Cl)c(OC[C@H]2CCCN2c2cccc(Cl)c2)cc1F. The molecule has 1 fully saturated rings. The highest BCUT2D eigenvalue weighted by atomic mass is 35.5. The molecule has 0 aliphatic carbocycles. The highest BCUT2D eigenvalue weighted by molar-refractivity contribution is 7.89. The lowest BCUT2D eigenvalue weighted by atomic mass is 10.2. The average molecular weight is 461 g/mol. The first-order valence-corrected chi connectivity index (χ1v) is 11.4. The summed E-state index contributed by atoms with van der Waals surface area (Å²) in [7, 11) is -3.82. The fourth-order valence-electron chi connectivity index (χ4n) is 3.23. The Morgan fingerprint density at radius 3 is 2.76 bits per heavy atom. The molecule has 2 aromatic carbocycles. The lowest BCUT2D eigenvalue weighted by Gasteiger charge is -2.27. The normalized spacial score (nSPS) is 16.7. The second kappa shape index (κ2) is 8.77. The minimum absolute atomic E-state index is 0.0114. The van der Waals surface area contributed by atoms with Crippen LogP contribution in [0.25, 0.3) is 0 Å². The van der Waals surface area contributed by atoms with Crippen molar-refractivity contribution in [2.24, 2.45) is 0 Å². The minimum atomic E-state index is -3.82. The summed E-state index contributed by atoms with van der Waals surface area (Å²) in [6.07, 6.45) is 2.67. The molecule has 10 heteroatoms. The minimum Gasteiger partial charge on any atom is -0.490 e. The molecule has 156 valence electrons. The lowest BCUT2D eigenvalue weighted by Crippen LogP contribution is -2.34. The number of carbonyl (C=O) groups excluding carboxylic acids is 1. The molecule has 3 rings (SSSR count). The van der Waals surface area contributed by atoms with Crippen LogP contribution in [0.3, 0.4) is 0 Å². The number of hydrogen-bond donors (Lipinski definition) is 1. The third-order valence-corrected chi connectivity index (χ3v) is 5.58. The first-order chi connectivity index (χ1) is 13.6. The van der Waals surface area contributed by atoms with E-state index < -0.39 is 27.3 Å². The highest BCUT2D eigenvalue weighted by Crippen LogP contribution is 2.31. The zero-order valence-electron chi connectivity index (χ0n) is 15.5. The number of nitrogens with zero attached hydrogens (tertiary/aromatic N) is 1. The van der Waals surface area contributed by atoms with Gasteiger partial charge in [-0.15, -0.1) is 0 Å². The largest absolute Gasteiger partial charge is 0.490 e. The van der Waals surface area contributed by atoms with Crippen LogP contribution >= 0.6 is 23.2 Å². The molecular formula is C19H19Cl2FN2O4S. The second-order valence-corrected chi connectivity index (χ2v) is 9.34. The summed E-state index contributed by atoms with van der Waals surface area (Å²) < 4.78 is 44.1. The van der Waals surface area contributed by atoms with E-state index in [0.29, 0.717) is 5.02 Å². The predicted octanol–water partition coefficient (Wildman–Crippen LogP) is 3.87. The first kappa shape index (κ1) is 21.7. The Hall–Kier alpha value is -2.03. The number of amides is 1. The van der Waals surface area contributed by atoms with Gasteiger partial charge in [0, 0.05) is 23.3 Å². The number of ether oxygens (including phenoxy) is 1. The molecule has 29 heavy (non-hydrogen) atoms. The maximum absolute atomic E-state index is 14.3. The van der Waals surface area contributed by atoms with Crippen LogP contribution in [-0.4, -0.2) is 39.8 Å². The molecule has 0 bridgehead atoms. The van der Waals surface area contributed by atoms with Gasteiger partial charge in [0.05, 0.1) is 22.9 Å². The second-order valence-electron chi connectivity index (χ2n) is 6.75. The summed E-state index contributed by atoms with van der Waals surface area (Å²) >= 11 is 12.2. The average Bonchev–Trinajstić information content (AvgIpc) is 3.09. The fraction of sp³-hybridized carbons (Fsp3) is 0.316. The van der Waals surface area contributed by atoms with Crippen LogP contribution in [0.5, 0.6) is 5.75 Å². The van der Waals surface area contributed by atoms with Crippen molar-refractivity contribution in [1.29, 1.82) is 0 Å². The quantitative estimate of drug-likeness (QED) is 0.707. The molecule has 1 N–H and O–H groups in total. The predicted molar refractivity (Wildman–Crippen MR) is 111 cm³/mol. The third-order valence-electron chi connectivity index (χ3n) is 4.49. The van der Waals surface area contributed by atoms with Crippen molar-refractivity contribution in [3.63, 3.8) is 0 Å². The van der Waals surface area contributed by atoms with Gasteiger partial charge in [-0.1, -0.05) is 29.3 Å². The van der Waals surface area contributed by atoms with Gasteiger partial charge in [-0.3, -0.25) is 4.79 Å². The number of sulfonamides is 1. The maximum atomic E-state index is 14.3. The van der Waals surface area contributed by atoms with E-state index in [2.05, 4.69) is 4.90 Å². The molecule has 0 aromatic heterocycles. The Bertz CT molecular complexity index is 1030. The summed E-state index contributed by atoms with van der Waals surface area (Å²) in [6.45, 7) is 1.11. The van der Waals surface area contributed by atoms with Crippen LogP contribution in [0.1, 0.15) is 23.2 Å². The van der Waals surface area contributed by atoms with Gasteiger partial charge in [0.2, 0.25) is 10.0 Å². The lowest BCUT2D eigenvalue weighted by molar-refractivity contribution is 0.0977. The van der Waals surface area contributed by atoms with Gasteiger partial charge in [0.25, 0.3) is 5.91 Å². The molecule has 1 heterocycles. The van der Waals surface area contributed by atoms with Crippen LogP contribution in [0, 0.1) is 5.82 Å². The maximum Gasteiger partial charge on any atom is 0.267 e. The van der Waals surface area contributed by atoms with Crippen LogP contribution < -0.4 is 14.4 Å². The molecular weight excluding hydrogens is 442 g/mol. The Labute approximate surface area is 178 Å². The molecule has 6 nitrogen and oxygen atoms in total. The fourth-order valence-corrected chi connectivity index (χ4v) is 4.08.